The van der Waals surface area contributed by atoms with Crippen molar-refractivity contribution in [1.82, 2.24) is 0 Å². The van der Waals surface area contributed by atoms with Gasteiger partial charge in [0.2, 0.25) is 5.52 Å². The summed E-state index contributed by atoms with van der Waals surface area (Å²) in [7, 11) is 4.18. The molecule has 0 bridgehead atoms. The highest BCUT2D eigenvalue weighted by Crippen LogP contribution is 2.31. The molecule has 0 saturated heterocycles. The van der Waals surface area contributed by atoms with Gasteiger partial charge in [-0.2, -0.15) is 0 Å². The Balaban J connectivity index is 1.38. The highest BCUT2D eigenvalue weighted by molar-refractivity contribution is 5.86. The van der Waals surface area contributed by atoms with Crippen molar-refractivity contribution in [2.45, 2.75) is 12.8 Å². The van der Waals surface area contributed by atoms with Crippen molar-refractivity contribution in [3.8, 4) is 0 Å². The quantitative estimate of drug-likeness (QED) is 0.297. The molecule has 2 heteroatoms. The Bertz CT molecular complexity index is 1130. The zero-order chi connectivity index (χ0) is 20.1. The van der Waals surface area contributed by atoms with Crippen molar-refractivity contribution in [2.24, 2.45) is 7.05 Å². The van der Waals surface area contributed by atoms with E-state index in [1.165, 1.54) is 33.3 Å². The number of allylic oxidation sites excluding steroid dienone is 6. The lowest BCUT2D eigenvalue weighted by atomic mass is 9.99. The first-order valence-electron chi connectivity index (χ1n) is 10.2. The maximum absolute atomic E-state index is 2.33. The molecule has 1 aromatic heterocycles. The highest BCUT2D eigenvalue weighted by atomic mass is 15.1. The number of unbranched alkanes of at least 4 members (excludes halogenated alkanes) is 1. The Labute approximate surface area is 173 Å². The second-order valence-electron chi connectivity index (χ2n) is 7.37. The predicted molar refractivity (Wildman–Crippen MR) is 124 cm³/mol. The summed E-state index contributed by atoms with van der Waals surface area (Å²) < 4.78 is 2.16. The zero-order valence-electron chi connectivity index (χ0n) is 17.1. The second-order valence-corrected chi connectivity index (χ2v) is 7.37. The van der Waals surface area contributed by atoms with Gasteiger partial charge in [0, 0.05) is 36.6 Å². The third-order valence-electron chi connectivity index (χ3n) is 5.37. The summed E-state index contributed by atoms with van der Waals surface area (Å²) in [5, 5.41) is 1.28. The first-order valence-corrected chi connectivity index (χ1v) is 10.2. The van der Waals surface area contributed by atoms with Gasteiger partial charge in [0.05, 0.1) is 5.39 Å². The van der Waals surface area contributed by atoms with Crippen LogP contribution >= 0.6 is 0 Å². The number of benzene rings is 2. The number of rotatable bonds is 5. The largest absolute Gasteiger partial charge is 0.351 e. The number of aromatic nitrogens is 1. The van der Waals surface area contributed by atoms with Crippen LogP contribution in [0.4, 0.5) is 5.69 Å². The molecule has 0 unspecified atom stereocenters. The van der Waals surface area contributed by atoms with Crippen LogP contribution in [0.2, 0.25) is 0 Å². The Morgan fingerprint density at radius 3 is 2.69 bits per heavy atom. The molecule has 1 aliphatic heterocycles. The van der Waals surface area contributed by atoms with Crippen LogP contribution in [0.25, 0.3) is 22.6 Å². The summed E-state index contributed by atoms with van der Waals surface area (Å²) in [6.45, 7) is 0. The molecule has 3 aromatic rings. The summed E-state index contributed by atoms with van der Waals surface area (Å²) in [6, 6.07) is 19.3. The molecule has 0 N–H and O–H groups in total. The molecule has 1 aliphatic rings. The predicted octanol–water partition coefficient (Wildman–Crippen LogP) is 6.06. The van der Waals surface area contributed by atoms with Crippen LogP contribution in [0.3, 0.4) is 0 Å². The fraction of sp³-hybridized carbons (Fsp3) is 0.148. The lowest BCUT2D eigenvalue weighted by Crippen LogP contribution is -2.28. The van der Waals surface area contributed by atoms with Gasteiger partial charge >= 0.3 is 0 Å². The van der Waals surface area contributed by atoms with Crippen molar-refractivity contribution in [1.29, 1.82) is 0 Å². The van der Waals surface area contributed by atoms with Gasteiger partial charge in [0.25, 0.3) is 0 Å². The van der Waals surface area contributed by atoms with Crippen LogP contribution in [0, 0.1) is 0 Å². The van der Waals surface area contributed by atoms with Gasteiger partial charge in [0.15, 0.2) is 6.20 Å². The molecular weight excluding hydrogens is 352 g/mol. The summed E-state index contributed by atoms with van der Waals surface area (Å²) in [5.41, 5.74) is 6.38. The third-order valence-corrected chi connectivity index (χ3v) is 5.37. The van der Waals surface area contributed by atoms with Crippen molar-refractivity contribution in [3.05, 3.63) is 109 Å². The van der Waals surface area contributed by atoms with E-state index in [4.69, 9.17) is 0 Å². The van der Waals surface area contributed by atoms with Gasteiger partial charge in [-0.05, 0) is 42.2 Å². The van der Waals surface area contributed by atoms with E-state index in [9.17, 15) is 0 Å². The molecule has 4 rings (SSSR count). The minimum absolute atomic E-state index is 1.03. The molecule has 0 aliphatic carbocycles. The Morgan fingerprint density at radius 1 is 0.931 bits per heavy atom. The number of aryl methyl sites for hydroxylation is 1. The van der Waals surface area contributed by atoms with Gasteiger partial charge in [-0.15, -0.1) is 0 Å². The number of hydrogen-bond donors (Lipinski definition) is 0. The smallest absolute Gasteiger partial charge is 0.212 e. The highest BCUT2D eigenvalue weighted by Gasteiger charge is 2.11. The fourth-order valence-electron chi connectivity index (χ4n) is 3.77. The molecule has 2 nitrogen and oxygen atoms in total. The maximum Gasteiger partial charge on any atom is 0.212 e. The molecular formula is C27H27N2+. The monoisotopic (exact) mass is 379 g/mol. The van der Waals surface area contributed by atoms with E-state index in [0.717, 1.165) is 12.8 Å². The number of anilines is 1. The second kappa shape index (κ2) is 8.74. The Kier molecular flexibility index (Phi) is 5.71. The van der Waals surface area contributed by atoms with Gasteiger partial charge in [-0.25, -0.2) is 4.57 Å². The summed E-state index contributed by atoms with van der Waals surface area (Å²) in [4.78, 5) is 2.17. The first kappa shape index (κ1) is 18.9. The average molecular weight is 380 g/mol. The van der Waals surface area contributed by atoms with Gasteiger partial charge in [-0.1, -0.05) is 60.7 Å². The average Bonchev–Trinajstić information content (AvgIpc) is 2.76. The number of para-hydroxylation sites is 2. The maximum atomic E-state index is 2.33. The molecule has 0 saturated carbocycles. The first-order chi connectivity index (χ1) is 14.2. The van der Waals surface area contributed by atoms with E-state index in [2.05, 4.69) is 127 Å². The van der Waals surface area contributed by atoms with Crippen molar-refractivity contribution < 1.29 is 4.57 Å². The number of fused-ring (bicyclic) bond motifs is 2. The summed E-state index contributed by atoms with van der Waals surface area (Å²) in [5.74, 6) is 0. The van der Waals surface area contributed by atoms with E-state index in [-0.39, 0.29) is 0 Å². The van der Waals surface area contributed by atoms with E-state index in [0.29, 0.717) is 0 Å². The SMILES string of the molecule is CN1C=CC(=CCCC=CC=Cc2cc[n+](C)c3ccccc23)c2ccccc21. The van der Waals surface area contributed by atoms with E-state index in [1.807, 2.05) is 0 Å². The Morgan fingerprint density at radius 2 is 1.76 bits per heavy atom. The van der Waals surface area contributed by atoms with Crippen LogP contribution in [0.5, 0.6) is 0 Å². The van der Waals surface area contributed by atoms with E-state index < -0.39 is 0 Å². The van der Waals surface area contributed by atoms with Crippen molar-refractivity contribution >= 4 is 28.2 Å². The van der Waals surface area contributed by atoms with Gasteiger partial charge in [-0.3, -0.25) is 0 Å². The molecule has 0 fully saturated rings. The van der Waals surface area contributed by atoms with Gasteiger partial charge < -0.3 is 4.90 Å². The molecule has 144 valence electrons. The van der Waals surface area contributed by atoms with Crippen molar-refractivity contribution in [3.63, 3.8) is 0 Å². The van der Waals surface area contributed by atoms with Crippen LogP contribution < -0.4 is 9.47 Å². The fourth-order valence-corrected chi connectivity index (χ4v) is 3.77. The molecule has 0 radical (unpaired) electrons. The van der Waals surface area contributed by atoms with E-state index in [1.54, 1.807) is 0 Å². The minimum atomic E-state index is 1.03. The standard InChI is InChI=1S/C27H27N2/c1-28-20-18-22(24-14-8-10-16-26(24)28)12-6-4-3-5-7-13-23-19-21-29(2)27-17-11-9-15-25(23)27/h3-4,6,8-21H,5,7H2,1-2H3/q+1. The van der Waals surface area contributed by atoms with Crippen LogP contribution in [-0.4, -0.2) is 7.05 Å². The summed E-state index contributed by atoms with van der Waals surface area (Å²) in [6.07, 6.45) is 19.6. The number of pyridine rings is 1. The Hall–Kier alpha value is -3.39. The topological polar surface area (TPSA) is 7.12 Å². The molecule has 0 amide bonds. The molecule has 0 spiro atoms. The van der Waals surface area contributed by atoms with Crippen LogP contribution in [-0.2, 0) is 7.05 Å². The molecule has 2 aromatic carbocycles. The molecule has 0 atom stereocenters. The van der Waals surface area contributed by atoms with Crippen molar-refractivity contribution in [2.75, 3.05) is 11.9 Å². The lowest BCUT2D eigenvalue weighted by molar-refractivity contribution is -0.644. The van der Waals surface area contributed by atoms with Gasteiger partial charge in [0.1, 0.15) is 7.05 Å². The number of hydrogen-bond acceptors (Lipinski definition) is 1. The molecule has 29 heavy (non-hydrogen) atoms. The number of nitrogens with zero attached hydrogens (tertiary/aromatic N) is 2. The van der Waals surface area contributed by atoms with Crippen LogP contribution in [0.15, 0.2) is 97.4 Å². The lowest BCUT2D eigenvalue weighted by Gasteiger charge is -2.23. The zero-order valence-corrected chi connectivity index (χ0v) is 17.1. The van der Waals surface area contributed by atoms with E-state index >= 15 is 0 Å². The molecule has 2 heterocycles. The summed E-state index contributed by atoms with van der Waals surface area (Å²) >= 11 is 0. The third kappa shape index (κ3) is 4.22. The van der Waals surface area contributed by atoms with Crippen LogP contribution in [0.1, 0.15) is 24.0 Å². The minimum Gasteiger partial charge on any atom is -0.351 e. The normalized spacial score (nSPS) is 15.1.